The van der Waals surface area contributed by atoms with Crippen LogP contribution in [0.4, 0.5) is 10.1 Å². The van der Waals surface area contributed by atoms with Gasteiger partial charge in [0.1, 0.15) is 11.6 Å². The minimum absolute atomic E-state index is 0.160. The summed E-state index contributed by atoms with van der Waals surface area (Å²) in [5, 5.41) is 12.5. The molecule has 0 atom stereocenters. The van der Waals surface area contributed by atoms with Crippen LogP contribution in [0.5, 0.6) is 0 Å². The van der Waals surface area contributed by atoms with E-state index in [2.05, 4.69) is 22.1 Å². The average molecular weight is 417 g/mol. The molecule has 8 heteroatoms. The van der Waals surface area contributed by atoms with Crippen LogP contribution >= 0.6 is 23.4 Å². The molecule has 3 aromatic rings. The van der Waals surface area contributed by atoms with Crippen molar-refractivity contribution in [3.05, 3.63) is 83.4 Å². The van der Waals surface area contributed by atoms with E-state index >= 15 is 0 Å². The average Bonchev–Trinajstić information content (AvgIpc) is 3.06. The van der Waals surface area contributed by atoms with E-state index in [4.69, 9.17) is 11.6 Å². The molecule has 0 unspecified atom stereocenters. The number of benzene rings is 2. The van der Waals surface area contributed by atoms with Gasteiger partial charge >= 0.3 is 0 Å². The SMILES string of the molecule is C=CCn1c(Cc2ccc(Cl)cc2)nnc1SCC(=O)Nc1ccc(F)cc1. The minimum atomic E-state index is -0.349. The van der Waals surface area contributed by atoms with E-state index in [0.717, 1.165) is 11.4 Å². The lowest BCUT2D eigenvalue weighted by molar-refractivity contribution is -0.113. The van der Waals surface area contributed by atoms with Crippen molar-refractivity contribution in [1.82, 2.24) is 14.8 Å². The highest BCUT2D eigenvalue weighted by Gasteiger charge is 2.14. The Hall–Kier alpha value is -2.64. The third kappa shape index (κ3) is 5.43. The predicted octanol–water partition coefficient (Wildman–Crippen LogP) is 4.58. The molecule has 1 aromatic heterocycles. The van der Waals surface area contributed by atoms with Gasteiger partial charge in [-0.25, -0.2) is 4.39 Å². The van der Waals surface area contributed by atoms with Gasteiger partial charge in [-0.3, -0.25) is 4.79 Å². The Morgan fingerprint density at radius 3 is 2.57 bits per heavy atom. The summed E-state index contributed by atoms with van der Waals surface area (Å²) < 4.78 is 14.9. The number of carbonyl (C=O) groups excluding carboxylic acids is 1. The smallest absolute Gasteiger partial charge is 0.234 e. The van der Waals surface area contributed by atoms with Crippen LogP contribution in [0.3, 0.4) is 0 Å². The largest absolute Gasteiger partial charge is 0.325 e. The van der Waals surface area contributed by atoms with Crippen LogP contribution in [0.25, 0.3) is 0 Å². The number of thioether (sulfide) groups is 1. The van der Waals surface area contributed by atoms with Crippen LogP contribution in [-0.2, 0) is 17.8 Å². The zero-order chi connectivity index (χ0) is 19.9. The molecule has 28 heavy (non-hydrogen) atoms. The van der Waals surface area contributed by atoms with Crippen LogP contribution < -0.4 is 5.32 Å². The molecule has 0 bridgehead atoms. The fourth-order valence-electron chi connectivity index (χ4n) is 2.51. The lowest BCUT2D eigenvalue weighted by Gasteiger charge is -2.08. The van der Waals surface area contributed by atoms with Crippen molar-refractivity contribution in [2.24, 2.45) is 0 Å². The van der Waals surface area contributed by atoms with Crippen LogP contribution in [-0.4, -0.2) is 26.4 Å². The first-order valence-corrected chi connectivity index (χ1v) is 9.87. The van der Waals surface area contributed by atoms with Gasteiger partial charge in [-0.15, -0.1) is 16.8 Å². The first kappa shape index (κ1) is 20.1. The maximum atomic E-state index is 12.9. The maximum absolute atomic E-state index is 12.9. The van der Waals surface area contributed by atoms with Gasteiger partial charge in [-0.1, -0.05) is 41.6 Å². The van der Waals surface area contributed by atoms with Crippen molar-refractivity contribution < 1.29 is 9.18 Å². The lowest BCUT2D eigenvalue weighted by atomic mass is 10.1. The zero-order valence-corrected chi connectivity index (χ0v) is 16.5. The van der Waals surface area contributed by atoms with E-state index in [-0.39, 0.29) is 17.5 Å². The number of aromatic nitrogens is 3. The molecule has 0 aliphatic rings. The number of carbonyl (C=O) groups is 1. The lowest BCUT2D eigenvalue weighted by Crippen LogP contribution is -2.14. The van der Waals surface area contributed by atoms with E-state index in [0.29, 0.717) is 28.8 Å². The van der Waals surface area contributed by atoms with Crippen molar-refractivity contribution in [2.75, 3.05) is 11.1 Å². The number of rotatable bonds is 8. The summed E-state index contributed by atoms with van der Waals surface area (Å²) in [5.74, 6) is 0.388. The molecule has 0 aliphatic carbocycles. The Balaban J connectivity index is 1.65. The molecule has 0 saturated heterocycles. The quantitative estimate of drug-likeness (QED) is 0.431. The summed E-state index contributed by atoms with van der Waals surface area (Å²) in [4.78, 5) is 12.2. The van der Waals surface area contributed by atoms with Crippen molar-refractivity contribution in [3.8, 4) is 0 Å². The fraction of sp³-hybridized carbons (Fsp3) is 0.150. The topological polar surface area (TPSA) is 59.8 Å². The molecule has 5 nitrogen and oxygen atoms in total. The Morgan fingerprint density at radius 2 is 1.89 bits per heavy atom. The highest BCUT2D eigenvalue weighted by atomic mass is 35.5. The zero-order valence-electron chi connectivity index (χ0n) is 14.9. The van der Waals surface area contributed by atoms with Crippen LogP contribution in [0.2, 0.25) is 5.02 Å². The molecule has 1 amide bonds. The van der Waals surface area contributed by atoms with Gasteiger partial charge in [0.25, 0.3) is 0 Å². The molecule has 0 saturated carbocycles. The second kappa shape index (κ2) is 9.52. The Morgan fingerprint density at radius 1 is 1.18 bits per heavy atom. The van der Waals surface area contributed by atoms with Gasteiger partial charge in [-0.2, -0.15) is 0 Å². The molecule has 0 fully saturated rings. The summed E-state index contributed by atoms with van der Waals surface area (Å²) in [7, 11) is 0. The second-order valence-corrected chi connectivity index (χ2v) is 7.32. The van der Waals surface area contributed by atoms with Crippen LogP contribution in [0, 0.1) is 5.82 Å². The Labute approximate surface area is 171 Å². The van der Waals surface area contributed by atoms with Gasteiger partial charge in [0.05, 0.1) is 5.75 Å². The third-order valence-electron chi connectivity index (χ3n) is 3.84. The third-order valence-corrected chi connectivity index (χ3v) is 5.06. The Kier molecular flexibility index (Phi) is 6.84. The number of allylic oxidation sites excluding steroid dienone is 1. The molecule has 0 radical (unpaired) electrons. The molecular formula is C20H18ClFN4OS. The molecule has 3 rings (SSSR count). The number of amides is 1. The molecular weight excluding hydrogens is 399 g/mol. The van der Waals surface area contributed by atoms with Crippen molar-refractivity contribution in [1.29, 1.82) is 0 Å². The fourth-order valence-corrected chi connectivity index (χ4v) is 3.41. The van der Waals surface area contributed by atoms with Crippen molar-refractivity contribution in [3.63, 3.8) is 0 Å². The van der Waals surface area contributed by atoms with Gasteiger partial charge in [-0.05, 0) is 42.0 Å². The van der Waals surface area contributed by atoms with Crippen molar-refractivity contribution in [2.45, 2.75) is 18.1 Å². The van der Waals surface area contributed by atoms with E-state index in [1.165, 1.54) is 36.0 Å². The summed E-state index contributed by atoms with van der Waals surface area (Å²) in [6, 6.07) is 13.2. The van der Waals surface area contributed by atoms with E-state index in [1.807, 2.05) is 28.8 Å². The molecule has 1 heterocycles. The highest BCUT2D eigenvalue weighted by Crippen LogP contribution is 2.20. The number of nitrogens with one attached hydrogen (secondary N) is 1. The number of hydrogen-bond acceptors (Lipinski definition) is 4. The van der Waals surface area contributed by atoms with Gasteiger partial charge < -0.3 is 9.88 Å². The summed E-state index contributed by atoms with van der Waals surface area (Å²) in [5.41, 5.74) is 1.61. The first-order chi connectivity index (χ1) is 13.5. The standard InChI is InChI=1S/C20H18ClFN4OS/c1-2-11-26-18(12-14-3-5-15(21)6-4-14)24-25-20(26)28-13-19(27)23-17-9-7-16(22)8-10-17/h2-10H,1,11-13H2,(H,23,27). The molecule has 0 aliphatic heterocycles. The number of anilines is 1. The van der Waals surface area contributed by atoms with Gasteiger partial charge in [0.2, 0.25) is 5.91 Å². The predicted molar refractivity (Wildman–Crippen MR) is 110 cm³/mol. The summed E-state index contributed by atoms with van der Waals surface area (Å²) in [6.07, 6.45) is 2.36. The van der Waals surface area contributed by atoms with Gasteiger partial charge in [0, 0.05) is 23.7 Å². The van der Waals surface area contributed by atoms with E-state index in [9.17, 15) is 9.18 Å². The minimum Gasteiger partial charge on any atom is -0.325 e. The number of hydrogen-bond donors (Lipinski definition) is 1. The normalized spacial score (nSPS) is 10.6. The molecule has 2 aromatic carbocycles. The van der Waals surface area contributed by atoms with Crippen molar-refractivity contribution >= 4 is 35.0 Å². The summed E-state index contributed by atoms with van der Waals surface area (Å²) >= 11 is 7.22. The number of halogens is 2. The second-order valence-electron chi connectivity index (χ2n) is 5.95. The molecule has 1 N–H and O–H groups in total. The first-order valence-electron chi connectivity index (χ1n) is 8.51. The van der Waals surface area contributed by atoms with E-state index in [1.54, 1.807) is 6.08 Å². The monoisotopic (exact) mass is 416 g/mol. The molecule has 144 valence electrons. The van der Waals surface area contributed by atoms with Crippen LogP contribution in [0.1, 0.15) is 11.4 Å². The van der Waals surface area contributed by atoms with Crippen LogP contribution in [0.15, 0.2) is 66.3 Å². The molecule has 0 spiro atoms. The van der Waals surface area contributed by atoms with Gasteiger partial charge in [0.15, 0.2) is 5.16 Å². The maximum Gasteiger partial charge on any atom is 0.234 e. The summed E-state index contributed by atoms with van der Waals surface area (Å²) in [6.45, 7) is 4.32. The Bertz CT molecular complexity index is 957. The van der Waals surface area contributed by atoms with E-state index < -0.39 is 0 Å². The highest BCUT2D eigenvalue weighted by molar-refractivity contribution is 7.99. The number of nitrogens with zero attached hydrogens (tertiary/aromatic N) is 3.